The van der Waals surface area contributed by atoms with Crippen LogP contribution in [-0.4, -0.2) is 26.8 Å². The monoisotopic (exact) mass is 452 g/mol. The van der Waals surface area contributed by atoms with Gasteiger partial charge in [0, 0.05) is 5.56 Å². The first-order chi connectivity index (χ1) is 14.7. The molecule has 1 unspecified atom stereocenters. The highest BCUT2D eigenvalue weighted by atomic mass is 35.5. The minimum Gasteiger partial charge on any atom is -0.481 e. The lowest BCUT2D eigenvalue weighted by atomic mass is 9.85. The number of carbonyl (C=O) groups excluding carboxylic acids is 1. The second-order valence-corrected chi connectivity index (χ2v) is 8.30. The number of fused-ring (bicyclic) bond motifs is 1. The van der Waals surface area contributed by atoms with Crippen LogP contribution in [0.4, 0.5) is 13.2 Å². The van der Waals surface area contributed by atoms with Crippen LogP contribution in [0, 0.1) is 5.92 Å². The standard InChI is InChI=1S/C22H20ClF3N2O3/c23-16-6-3-5-15(22(24,25)26)18(16)20(29)28-17-7-2-1-4-14(17)19(27-28)12-8-10-13(11-9-12)21(30)31/h3,5-6,8,13H,1-2,4,7,9-11H2,(H,30,31). The van der Waals surface area contributed by atoms with Gasteiger partial charge in [-0.05, 0) is 62.7 Å². The number of nitrogens with zero attached hydrogens (tertiary/aromatic N) is 2. The van der Waals surface area contributed by atoms with Crippen molar-refractivity contribution in [3.05, 3.63) is 57.4 Å². The van der Waals surface area contributed by atoms with Crippen LogP contribution in [0.2, 0.25) is 5.02 Å². The number of aliphatic carboxylic acids is 1. The van der Waals surface area contributed by atoms with E-state index in [1.54, 1.807) is 0 Å². The van der Waals surface area contributed by atoms with Crippen LogP contribution in [0.1, 0.15) is 65.0 Å². The van der Waals surface area contributed by atoms with E-state index >= 15 is 0 Å². The molecule has 1 N–H and O–H groups in total. The molecule has 9 heteroatoms. The number of aromatic nitrogens is 2. The Hall–Kier alpha value is -2.61. The summed E-state index contributed by atoms with van der Waals surface area (Å²) in [5.74, 6) is -2.21. The molecular formula is C22H20ClF3N2O3. The summed E-state index contributed by atoms with van der Waals surface area (Å²) in [5.41, 5.74) is 1.21. The van der Waals surface area contributed by atoms with Gasteiger partial charge in [-0.15, -0.1) is 0 Å². The number of carboxylic acids is 1. The number of allylic oxidation sites excluding steroid dienone is 2. The van der Waals surface area contributed by atoms with Crippen LogP contribution >= 0.6 is 11.6 Å². The zero-order valence-electron chi connectivity index (χ0n) is 16.5. The third-order valence-corrected chi connectivity index (χ3v) is 6.28. The third kappa shape index (κ3) is 4.01. The number of hydrogen-bond donors (Lipinski definition) is 1. The number of carbonyl (C=O) groups is 2. The van der Waals surface area contributed by atoms with Crippen LogP contribution < -0.4 is 0 Å². The highest BCUT2D eigenvalue weighted by Gasteiger charge is 2.38. The summed E-state index contributed by atoms with van der Waals surface area (Å²) in [7, 11) is 0. The minimum absolute atomic E-state index is 0.275. The van der Waals surface area contributed by atoms with Crippen molar-refractivity contribution in [3.8, 4) is 0 Å². The number of halogens is 4. The predicted octanol–water partition coefficient (Wildman–Crippen LogP) is 5.39. The van der Waals surface area contributed by atoms with E-state index in [1.165, 1.54) is 6.07 Å². The molecule has 0 fully saturated rings. The molecule has 2 aliphatic rings. The molecule has 0 aliphatic heterocycles. The zero-order valence-corrected chi connectivity index (χ0v) is 17.3. The normalized spacial score (nSPS) is 19.0. The van der Waals surface area contributed by atoms with Gasteiger partial charge >= 0.3 is 12.1 Å². The average molecular weight is 453 g/mol. The van der Waals surface area contributed by atoms with Gasteiger partial charge in [-0.2, -0.15) is 23.0 Å². The molecule has 164 valence electrons. The number of carboxylic acid groups (broad SMARTS) is 1. The van der Waals surface area contributed by atoms with E-state index in [0.717, 1.165) is 40.8 Å². The van der Waals surface area contributed by atoms with Gasteiger partial charge < -0.3 is 5.11 Å². The molecule has 0 spiro atoms. The molecule has 0 bridgehead atoms. The van der Waals surface area contributed by atoms with Crippen LogP contribution in [-0.2, 0) is 23.8 Å². The highest BCUT2D eigenvalue weighted by molar-refractivity contribution is 6.34. The number of benzene rings is 1. The summed E-state index contributed by atoms with van der Waals surface area (Å²) >= 11 is 6.04. The van der Waals surface area contributed by atoms with Gasteiger partial charge in [0.15, 0.2) is 0 Å². The summed E-state index contributed by atoms with van der Waals surface area (Å²) in [6.45, 7) is 0. The van der Waals surface area contributed by atoms with Gasteiger partial charge in [-0.1, -0.05) is 23.7 Å². The summed E-state index contributed by atoms with van der Waals surface area (Å²) in [5, 5.41) is 13.4. The molecule has 0 radical (unpaired) electrons. The third-order valence-electron chi connectivity index (χ3n) is 5.97. The fourth-order valence-corrected chi connectivity index (χ4v) is 4.64. The van der Waals surface area contributed by atoms with E-state index < -0.39 is 35.1 Å². The Morgan fingerprint density at radius 3 is 2.55 bits per heavy atom. The summed E-state index contributed by atoms with van der Waals surface area (Å²) in [4.78, 5) is 24.5. The Morgan fingerprint density at radius 1 is 1.16 bits per heavy atom. The van der Waals surface area contributed by atoms with Crippen LogP contribution in [0.5, 0.6) is 0 Å². The zero-order chi connectivity index (χ0) is 22.3. The molecule has 4 rings (SSSR count). The van der Waals surface area contributed by atoms with Gasteiger partial charge in [-0.3, -0.25) is 9.59 Å². The molecule has 0 saturated carbocycles. The van der Waals surface area contributed by atoms with E-state index in [2.05, 4.69) is 5.10 Å². The molecule has 1 atom stereocenters. The highest BCUT2D eigenvalue weighted by Crippen LogP contribution is 2.38. The van der Waals surface area contributed by atoms with Gasteiger partial charge in [0.1, 0.15) is 0 Å². The molecule has 2 aliphatic carbocycles. The lowest BCUT2D eigenvalue weighted by molar-refractivity contribution is -0.142. The fourth-order valence-electron chi connectivity index (χ4n) is 4.38. The van der Waals surface area contributed by atoms with Crippen molar-refractivity contribution in [1.29, 1.82) is 0 Å². The summed E-state index contributed by atoms with van der Waals surface area (Å²) in [6.07, 6.45) is 1.31. The van der Waals surface area contributed by atoms with Crippen LogP contribution in [0.15, 0.2) is 24.3 Å². The van der Waals surface area contributed by atoms with Crippen LogP contribution in [0.3, 0.4) is 0 Å². The Kier molecular flexibility index (Phi) is 5.68. The quantitative estimate of drug-likeness (QED) is 0.677. The first-order valence-electron chi connectivity index (χ1n) is 10.1. The van der Waals surface area contributed by atoms with Crippen molar-refractivity contribution >= 4 is 29.1 Å². The molecule has 5 nitrogen and oxygen atoms in total. The number of alkyl halides is 3. The van der Waals surface area contributed by atoms with Gasteiger partial charge in [0.2, 0.25) is 0 Å². The Bertz CT molecular complexity index is 1090. The topological polar surface area (TPSA) is 72.2 Å². The molecule has 1 heterocycles. The molecular weight excluding hydrogens is 433 g/mol. The van der Waals surface area contributed by atoms with E-state index in [4.69, 9.17) is 11.6 Å². The van der Waals surface area contributed by atoms with E-state index in [1.807, 2.05) is 6.08 Å². The maximum absolute atomic E-state index is 13.5. The Balaban J connectivity index is 1.80. The van der Waals surface area contributed by atoms with Crippen LogP contribution in [0.25, 0.3) is 5.57 Å². The first kappa shape index (κ1) is 21.6. The molecule has 31 heavy (non-hydrogen) atoms. The van der Waals surface area contributed by atoms with Crippen molar-refractivity contribution in [1.82, 2.24) is 9.78 Å². The van der Waals surface area contributed by atoms with Crippen molar-refractivity contribution < 1.29 is 27.9 Å². The van der Waals surface area contributed by atoms with Gasteiger partial charge in [0.25, 0.3) is 5.91 Å². The second kappa shape index (κ2) is 8.15. The number of rotatable bonds is 3. The van der Waals surface area contributed by atoms with Gasteiger partial charge in [-0.25, -0.2) is 0 Å². The van der Waals surface area contributed by atoms with E-state index in [-0.39, 0.29) is 5.02 Å². The largest absolute Gasteiger partial charge is 0.481 e. The first-order valence-corrected chi connectivity index (χ1v) is 10.5. The van der Waals surface area contributed by atoms with E-state index in [9.17, 15) is 27.9 Å². The molecule has 0 saturated heterocycles. The van der Waals surface area contributed by atoms with Crippen molar-refractivity contribution in [2.24, 2.45) is 5.92 Å². The number of hydrogen-bond acceptors (Lipinski definition) is 3. The lowest BCUT2D eigenvalue weighted by Crippen LogP contribution is -2.22. The minimum atomic E-state index is -4.73. The molecule has 0 amide bonds. The molecule has 1 aromatic carbocycles. The Labute approximate surface area is 181 Å². The maximum Gasteiger partial charge on any atom is 0.417 e. The lowest BCUT2D eigenvalue weighted by Gasteiger charge is -2.19. The molecule has 1 aromatic heterocycles. The smallest absolute Gasteiger partial charge is 0.417 e. The summed E-state index contributed by atoms with van der Waals surface area (Å²) < 4.78 is 41.7. The molecule has 2 aromatic rings. The van der Waals surface area contributed by atoms with Crippen molar-refractivity contribution in [2.45, 2.75) is 51.1 Å². The second-order valence-electron chi connectivity index (χ2n) is 7.90. The SMILES string of the molecule is O=C(O)C1CC=C(c2nn(C(=O)c3c(Cl)cccc3C(F)(F)F)c3c2CCCC3)CC1. The van der Waals surface area contributed by atoms with Gasteiger partial charge in [0.05, 0.1) is 33.5 Å². The summed E-state index contributed by atoms with van der Waals surface area (Å²) in [6, 6.07) is 3.26. The van der Waals surface area contributed by atoms with Crippen molar-refractivity contribution in [3.63, 3.8) is 0 Å². The Morgan fingerprint density at radius 2 is 1.90 bits per heavy atom. The average Bonchev–Trinajstić information content (AvgIpc) is 3.12. The fraction of sp³-hybridized carbons (Fsp3) is 0.409. The van der Waals surface area contributed by atoms with Crippen molar-refractivity contribution in [2.75, 3.05) is 0 Å². The predicted molar refractivity (Wildman–Crippen MR) is 108 cm³/mol. The van der Waals surface area contributed by atoms with E-state index in [0.29, 0.717) is 43.5 Å². The maximum atomic E-state index is 13.5.